The number of amides is 4. The molecule has 4 fully saturated rings. The number of nitrogens with zero attached hydrogens (tertiary/aromatic N) is 8. The highest BCUT2D eigenvalue weighted by atomic mass is 16.6. The molecule has 129 heavy (non-hydrogen) atoms. The summed E-state index contributed by atoms with van der Waals surface area (Å²) in [7, 11) is 4.60. The van der Waals surface area contributed by atoms with Gasteiger partial charge in [0.15, 0.2) is 17.0 Å². The number of Topliss-reactive ketones (excluding diaryl/α,β-unsaturated/α-hetero) is 2. The Morgan fingerprint density at radius 1 is 0.705 bits per heavy atom. The number of cyclic esters (lactones) is 1. The minimum absolute atomic E-state index is 0.0212. The van der Waals surface area contributed by atoms with Crippen LogP contribution >= 0.6 is 0 Å². The monoisotopic (exact) mass is 1800 g/mol. The molecule has 0 radical (unpaired) electrons. The summed E-state index contributed by atoms with van der Waals surface area (Å²) in [6, 6.07) is 10.8. The Morgan fingerprint density at radius 3 is 2.11 bits per heavy atom. The van der Waals surface area contributed by atoms with Crippen LogP contribution in [0.1, 0.15) is 168 Å². The lowest BCUT2D eigenvalue weighted by Crippen LogP contribution is -2.61. The zero-order valence-electron chi connectivity index (χ0n) is 76.9. The summed E-state index contributed by atoms with van der Waals surface area (Å²) in [5.41, 5.74) is 25.6. The number of rotatable bonds is 32. The fraction of sp³-hybridized carbons (Fsp3) is 0.653. The molecule has 1 saturated carbocycles. The quantitative estimate of drug-likeness (QED) is 0.0101. The number of likely N-dealkylation sites (tertiary alicyclic amines) is 1. The van der Waals surface area contributed by atoms with Gasteiger partial charge in [0.05, 0.1) is 121 Å². The van der Waals surface area contributed by atoms with Crippen LogP contribution in [0.4, 0.5) is 16.6 Å². The number of esters is 1. The maximum Gasteiger partial charge on any atom is 0.410 e. The number of nitrogens with one attached hydrogen (secondary N) is 1. The third kappa shape index (κ3) is 27.6. The van der Waals surface area contributed by atoms with Crippen LogP contribution in [0.2, 0.25) is 0 Å². The Morgan fingerprint density at radius 2 is 1.41 bits per heavy atom. The number of nitrogen functional groups attached to an aromatic ring is 2. The van der Waals surface area contributed by atoms with Crippen molar-refractivity contribution in [1.82, 2.24) is 44.7 Å². The number of aliphatic hydroxyl groups excluding tert-OH is 1. The van der Waals surface area contributed by atoms with Crippen molar-refractivity contribution in [3.63, 3.8) is 0 Å². The maximum atomic E-state index is 14.8. The number of allylic oxidation sites excluding steroid dienone is 6. The fourth-order valence-electron chi connectivity index (χ4n) is 18.4. The topological polar surface area (TPSA) is 440 Å². The van der Waals surface area contributed by atoms with E-state index >= 15 is 0 Å². The van der Waals surface area contributed by atoms with Crippen molar-refractivity contribution in [3.05, 3.63) is 107 Å². The summed E-state index contributed by atoms with van der Waals surface area (Å²) in [4.78, 5) is 116. The second-order valence-corrected chi connectivity index (χ2v) is 35.7. The third-order valence-corrected chi connectivity index (χ3v) is 26.2. The fourth-order valence-corrected chi connectivity index (χ4v) is 18.4. The van der Waals surface area contributed by atoms with Crippen molar-refractivity contribution < 1.29 is 105 Å². The number of ketones is 2. The van der Waals surface area contributed by atoms with Crippen molar-refractivity contribution in [2.45, 2.75) is 231 Å². The lowest BCUT2D eigenvalue weighted by Gasteiger charge is -2.42. The van der Waals surface area contributed by atoms with E-state index < -0.39 is 95.7 Å². The molecule has 15 atom stereocenters. The van der Waals surface area contributed by atoms with Gasteiger partial charge in [-0.25, -0.2) is 24.2 Å². The number of anilines is 2. The van der Waals surface area contributed by atoms with E-state index in [2.05, 4.69) is 38.5 Å². The smallest absolute Gasteiger partial charge is 0.410 e. The lowest BCUT2D eigenvalue weighted by atomic mass is 9.78. The molecule has 2 aromatic carbocycles. The van der Waals surface area contributed by atoms with Gasteiger partial charge in [-0.2, -0.15) is 10.1 Å². The van der Waals surface area contributed by atoms with Crippen LogP contribution in [0.15, 0.2) is 94.7 Å². The average molecular weight is 1800 g/mol. The van der Waals surface area contributed by atoms with Crippen LogP contribution in [0.3, 0.4) is 0 Å². The van der Waals surface area contributed by atoms with Crippen molar-refractivity contribution in [1.29, 1.82) is 0 Å². The molecule has 6 aliphatic rings. The molecular weight excluding hydrogens is 1660 g/mol. The Balaban J connectivity index is 0.538. The number of hydrogen-bond acceptors (Lipinski definition) is 29. The Hall–Kier alpha value is -9.01. The van der Waals surface area contributed by atoms with Gasteiger partial charge >= 0.3 is 12.1 Å². The summed E-state index contributed by atoms with van der Waals surface area (Å²) in [5, 5.41) is 32.3. The Bertz CT molecular complexity index is 4660. The van der Waals surface area contributed by atoms with E-state index in [0.29, 0.717) is 209 Å². The van der Waals surface area contributed by atoms with Crippen LogP contribution in [0, 0.1) is 35.5 Å². The highest BCUT2D eigenvalue weighted by molar-refractivity contribution is 6.39. The molecule has 4 amide bonds. The molecule has 5 aliphatic heterocycles. The Kier molecular flexibility index (Phi) is 38.1. The van der Waals surface area contributed by atoms with Gasteiger partial charge in [0.2, 0.25) is 17.6 Å². The van der Waals surface area contributed by atoms with E-state index in [0.717, 1.165) is 28.7 Å². The standard InChI is InChI=1S/C95H138N12O22/c1-60-16-12-11-13-17-62(3)78(117-8)56-72-25-20-66(7)95(116,129-72)86(111)89(112)106-34-15-14-18-74(106)90(113)126-75(26-19-61(2)51-65(6)84(110)85(119-10)83(109)64(5)50-60)63(4)52-67-22-27-77(79(54-67)118-9)128-93(115)104-36-31-94(98,32-37-104)91(114)99-33-39-121-41-43-123-45-47-125-49-48-124-46-44-122-42-40-120-38-30-80(108)105-35-29-69-53-68(21-23-71(69)58-105)57-107-88-81(87(96)100-59-101-88)82(103-107)70-24-28-76-73(55-70)102-92(97)127-76/h11-13,16-17,21,23-24,28,51,53,55,59-61,63-64,66-67,72,74-75,77-79,84-85,110,116H,14-15,18-20,22,25-27,29-50,52,54,56-58,98H2,1-10H3,(H2,97,102)(H,99,114)(H2,96,100,101)/b13-11+,16-12+,62-17+,65-51+/t60-,61+,63-,64-,66-,67+,72+,74+,75+,77-,78+,79-,84-,85+,95-/m1/s1. The van der Waals surface area contributed by atoms with Crippen LogP contribution in [-0.2, 0) is 105 Å². The molecular formula is C95H138N12O22. The number of nitrogens with two attached hydrogens (primary N) is 3. The van der Waals surface area contributed by atoms with E-state index in [1.807, 2.05) is 92.8 Å². The molecule has 5 aromatic rings. The number of aromatic nitrogens is 5. The van der Waals surface area contributed by atoms with Crippen LogP contribution < -0.4 is 22.5 Å². The van der Waals surface area contributed by atoms with E-state index in [1.165, 1.54) is 23.9 Å². The molecule has 8 heterocycles. The van der Waals surface area contributed by atoms with Crippen molar-refractivity contribution in [2.24, 2.45) is 41.2 Å². The first-order valence-electron chi connectivity index (χ1n) is 46.1. The molecule has 0 unspecified atom stereocenters. The number of carbonyl (C=O) groups is 7. The largest absolute Gasteiger partial charge is 0.461 e. The normalized spacial score (nSPS) is 27.9. The first-order valence-corrected chi connectivity index (χ1v) is 46.1. The minimum atomic E-state index is -2.45. The van der Waals surface area contributed by atoms with Gasteiger partial charge in [-0.05, 0) is 180 Å². The molecule has 2 bridgehead atoms. The number of ether oxygens (including phenoxy) is 12. The first kappa shape index (κ1) is 101. The number of benzene rings is 2. The summed E-state index contributed by atoms with van der Waals surface area (Å²) in [6.07, 6.45) is 15.2. The van der Waals surface area contributed by atoms with Gasteiger partial charge in [-0.1, -0.05) is 89.3 Å². The van der Waals surface area contributed by atoms with Gasteiger partial charge in [0.25, 0.3) is 17.7 Å². The summed E-state index contributed by atoms with van der Waals surface area (Å²) >= 11 is 0. The van der Waals surface area contributed by atoms with E-state index in [-0.39, 0.29) is 106 Å². The first-order chi connectivity index (χ1) is 62.1. The molecule has 3 saturated heterocycles. The maximum absolute atomic E-state index is 14.8. The van der Waals surface area contributed by atoms with Gasteiger partial charge in [-0.3, -0.25) is 24.0 Å². The number of methoxy groups -OCH3 is 3. The highest BCUT2D eigenvalue weighted by Crippen LogP contribution is 2.40. The van der Waals surface area contributed by atoms with Gasteiger partial charge in [0, 0.05) is 84.4 Å². The minimum Gasteiger partial charge on any atom is -0.461 e. The molecule has 710 valence electrons. The zero-order valence-corrected chi connectivity index (χ0v) is 76.9. The second kappa shape index (κ2) is 48.9. The van der Waals surface area contributed by atoms with Crippen molar-refractivity contribution in [2.75, 3.05) is 145 Å². The van der Waals surface area contributed by atoms with Gasteiger partial charge in [-0.15, -0.1) is 0 Å². The summed E-state index contributed by atoms with van der Waals surface area (Å²) in [6.45, 7) is 19.8. The molecule has 1 aliphatic carbocycles. The van der Waals surface area contributed by atoms with Crippen molar-refractivity contribution in [3.8, 4) is 11.3 Å². The number of oxazole rings is 1. The molecule has 0 spiro atoms. The molecule has 9 N–H and O–H groups in total. The average Bonchev–Trinajstić information content (AvgIpc) is 1.61. The van der Waals surface area contributed by atoms with E-state index in [9.17, 15) is 43.8 Å². The van der Waals surface area contributed by atoms with Crippen molar-refractivity contribution >= 4 is 75.3 Å². The van der Waals surface area contributed by atoms with Crippen LogP contribution in [0.25, 0.3) is 33.4 Å². The summed E-state index contributed by atoms with van der Waals surface area (Å²) < 4.78 is 77.9. The van der Waals surface area contributed by atoms with E-state index in [4.69, 9.17) is 83.6 Å². The number of fused-ring (bicyclic) bond motifs is 6. The van der Waals surface area contributed by atoms with Crippen LogP contribution in [-0.4, -0.2) is 284 Å². The van der Waals surface area contributed by atoms with Gasteiger partial charge < -0.3 is 109 Å². The number of aliphatic hydroxyl groups is 2. The summed E-state index contributed by atoms with van der Waals surface area (Å²) in [5.74, 6) is -6.88. The van der Waals surface area contributed by atoms with Crippen LogP contribution in [0.5, 0.6) is 0 Å². The zero-order chi connectivity index (χ0) is 92.3. The lowest BCUT2D eigenvalue weighted by molar-refractivity contribution is -0.265. The Labute approximate surface area is 756 Å². The number of piperidine rings is 2. The number of carbonyl (C=O) groups excluding carboxylic acids is 7. The SMILES string of the molecule is CO[C@H]1C[C@@H]2CC[C@@H](C)[C@@](O)(O2)C(=O)C(=O)N2CCCC[C@H]2C(=O)O[C@H]([C@H](C)C[C@@H]2CC[C@@H](OC(=O)N3CCC(N)(C(=O)NCCOCCOCCOCCOCCOCCOCCC(=O)N4CCc5cc(Cn6nc(-c7ccc8oc(N)nc8c7)c7c(N)ncnc76)ccc5C4)CC3)[C@H](OC)C2)CC[C@H](C)/C=C(\C)[C@@H](O)[C@@H](OC)C(=O)[C@H](C)C[C@H](C)/C=C/C=C/C=C/1C. The van der Waals surface area contributed by atoms with E-state index in [1.54, 1.807) is 39.0 Å². The number of hydrogen-bond donors (Lipinski definition) is 6. The molecule has 34 heteroatoms. The predicted molar refractivity (Wildman–Crippen MR) is 481 cm³/mol. The molecule has 3 aromatic heterocycles. The highest BCUT2D eigenvalue weighted by Gasteiger charge is 2.53. The second-order valence-electron chi connectivity index (χ2n) is 35.7. The van der Waals surface area contributed by atoms with Gasteiger partial charge in [0.1, 0.15) is 53.8 Å². The molecule has 34 nitrogen and oxygen atoms in total. The predicted octanol–water partition coefficient (Wildman–Crippen LogP) is 9.29. The third-order valence-electron chi connectivity index (χ3n) is 26.2. The molecule has 11 rings (SSSR count).